The van der Waals surface area contributed by atoms with Crippen LogP contribution < -0.4 is 10.1 Å². The highest BCUT2D eigenvalue weighted by molar-refractivity contribution is 6.07. The second kappa shape index (κ2) is 8.65. The minimum atomic E-state index is -0.871. The highest BCUT2D eigenvalue weighted by Crippen LogP contribution is 2.21. The SMILES string of the molecule is CCCCCCOc1ccc(/C=N\N2C(=O)N[C@@](C)(CC)C2=O)cc1. The fourth-order valence-electron chi connectivity index (χ4n) is 2.51. The third-order valence-corrected chi connectivity index (χ3v) is 4.42. The molecule has 1 saturated heterocycles. The Balaban J connectivity index is 1.89. The maximum absolute atomic E-state index is 12.2. The number of imide groups is 1. The Kier molecular flexibility index (Phi) is 6.56. The summed E-state index contributed by atoms with van der Waals surface area (Å²) in [5, 5.41) is 7.59. The van der Waals surface area contributed by atoms with Crippen LogP contribution in [0.5, 0.6) is 5.75 Å². The molecule has 0 bridgehead atoms. The molecule has 136 valence electrons. The lowest BCUT2D eigenvalue weighted by atomic mass is 10.00. The van der Waals surface area contributed by atoms with Crippen LogP contribution in [0, 0.1) is 0 Å². The molecule has 2 rings (SSSR count). The predicted octanol–water partition coefficient (Wildman–Crippen LogP) is 3.70. The van der Waals surface area contributed by atoms with Gasteiger partial charge in [-0.15, -0.1) is 5.01 Å². The van der Waals surface area contributed by atoms with Crippen molar-refractivity contribution in [1.29, 1.82) is 0 Å². The molecule has 6 heteroatoms. The van der Waals surface area contributed by atoms with E-state index in [-0.39, 0.29) is 5.91 Å². The lowest BCUT2D eigenvalue weighted by molar-refractivity contribution is -0.130. The number of hydrazone groups is 1. The monoisotopic (exact) mass is 345 g/mol. The highest BCUT2D eigenvalue weighted by Gasteiger charge is 2.46. The number of rotatable bonds is 9. The van der Waals surface area contributed by atoms with Crippen molar-refractivity contribution in [3.05, 3.63) is 29.8 Å². The van der Waals surface area contributed by atoms with Gasteiger partial charge >= 0.3 is 6.03 Å². The normalized spacial score (nSPS) is 20.4. The van der Waals surface area contributed by atoms with Gasteiger partial charge in [0.05, 0.1) is 12.8 Å². The number of hydrogen-bond donors (Lipinski definition) is 1. The van der Waals surface area contributed by atoms with Crippen molar-refractivity contribution in [2.45, 2.75) is 58.4 Å². The van der Waals surface area contributed by atoms with Gasteiger partial charge < -0.3 is 10.1 Å². The minimum absolute atomic E-state index is 0.330. The molecule has 0 saturated carbocycles. The topological polar surface area (TPSA) is 71.0 Å². The van der Waals surface area contributed by atoms with Gasteiger partial charge in [-0.05, 0) is 49.6 Å². The van der Waals surface area contributed by atoms with E-state index in [1.165, 1.54) is 25.5 Å². The average Bonchev–Trinajstić information content (AvgIpc) is 2.83. The Morgan fingerprint density at radius 1 is 1.16 bits per heavy atom. The molecule has 1 heterocycles. The van der Waals surface area contributed by atoms with Crippen molar-refractivity contribution in [3.63, 3.8) is 0 Å². The van der Waals surface area contributed by atoms with Gasteiger partial charge in [0, 0.05) is 0 Å². The molecule has 1 aromatic carbocycles. The maximum Gasteiger partial charge on any atom is 0.346 e. The Morgan fingerprint density at radius 2 is 1.88 bits per heavy atom. The van der Waals surface area contributed by atoms with E-state index in [1.54, 1.807) is 6.92 Å². The summed E-state index contributed by atoms with van der Waals surface area (Å²) in [5.74, 6) is 0.477. The maximum atomic E-state index is 12.2. The molecular weight excluding hydrogens is 318 g/mol. The fourth-order valence-corrected chi connectivity index (χ4v) is 2.51. The summed E-state index contributed by atoms with van der Waals surface area (Å²) in [4.78, 5) is 24.1. The van der Waals surface area contributed by atoms with E-state index < -0.39 is 11.6 Å². The van der Waals surface area contributed by atoms with Crippen molar-refractivity contribution in [1.82, 2.24) is 10.3 Å². The molecule has 0 aliphatic carbocycles. The Morgan fingerprint density at radius 3 is 2.48 bits per heavy atom. The molecule has 1 aliphatic rings. The second-order valence-electron chi connectivity index (χ2n) is 6.46. The van der Waals surface area contributed by atoms with E-state index in [2.05, 4.69) is 17.3 Å². The number of carbonyl (C=O) groups is 2. The predicted molar refractivity (Wildman–Crippen MR) is 97.7 cm³/mol. The van der Waals surface area contributed by atoms with E-state index in [0.717, 1.165) is 22.7 Å². The first kappa shape index (κ1) is 19.0. The molecule has 0 radical (unpaired) electrons. The molecule has 1 fully saturated rings. The van der Waals surface area contributed by atoms with Gasteiger partial charge in [-0.2, -0.15) is 5.10 Å². The first-order valence-electron chi connectivity index (χ1n) is 8.93. The summed E-state index contributed by atoms with van der Waals surface area (Å²) in [6, 6.07) is 6.94. The van der Waals surface area contributed by atoms with Crippen LogP contribution in [0.4, 0.5) is 4.79 Å². The van der Waals surface area contributed by atoms with E-state index in [0.29, 0.717) is 13.0 Å². The Bertz CT molecular complexity index is 627. The second-order valence-corrected chi connectivity index (χ2v) is 6.46. The van der Waals surface area contributed by atoms with Crippen molar-refractivity contribution in [3.8, 4) is 5.75 Å². The summed E-state index contributed by atoms with van der Waals surface area (Å²) in [6.07, 6.45) is 6.71. The number of nitrogens with one attached hydrogen (secondary N) is 1. The molecule has 3 amide bonds. The van der Waals surface area contributed by atoms with Crippen LogP contribution in [-0.4, -0.2) is 35.3 Å². The number of carbonyl (C=O) groups excluding carboxylic acids is 2. The summed E-state index contributed by atoms with van der Waals surface area (Å²) in [5.41, 5.74) is -0.0757. The summed E-state index contributed by atoms with van der Waals surface area (Å²) in [6.45, 7) is 6.45. The van der Waals surface area contributed by atoms with Gasteiger partial charge in [-0.3, -0.25) is 4.79 Å². The molecule has 1 N–H and O–H groups in total. The number of ether oxygens (including phenoxy) is 1. The third kappa shape index (κ3) is 4.81. The van der Waals surface area contributed by atoms with Crippen molar-refractivity contribution in [2.24, 2.45) is 5.10 Å². The van der Waals surface area contributed by atoms with Gasteiger partial charge in [0.2, 0.25) is 0 Å². The third-order valence-electron chi connectivity index (χ3n) is 4.42. The molecule has 25 heavy (non-hydrogen) atoms. The molecule has 1 aromatic rings. The number of nitrogens with zero attached hydrogens (tertiary/aromatic N) is 2. The van der Waals surface area contributed by atoms with E-state index in [1.807, 2.05) is 31.2 Å². The van der Waals surface area contributed by atoms with Gasteiger partial charge in [-0.1, -0.05) is 33.1 Å². The zero-order valence-corrected chi connectivity index (χ0v) is 15.2. The fraction of sp³-hybridized carbons (Fsp3) is 0.526. The van der Waals surface area contributed by atoms with Crippen LogP contribution in [0.15, 0.2) is 29.4 Å². The largest absolute Gasteiger partial charge is 0.494 e. The molecule has 0 spiro atoms. The van der Waals surface area contributed by atoms with Crippen LogP contribution in [0.2, 0.25) is 0 Å². The van der Waals surface area contributed by atoms with Crippen LogP contribution in [0.1, 0.15) is 58.4 Å². The number of hydrogen-bond acceptors (Lipinski definition) is 4. The van der Waals surface area contributed by atoms with E-state index in [9.17, 15) is 9.59 Å². The molecule has 1 atom stereocenters. The van der Waals surface area contributed by atoms with Gasteiger partial charge in [0.15, 0.2) is 0 Å². The average molecular weight is 345 g/mol. The van der Waals surface area contributed by atoms with Crippen molar-refractivity contribution >= 4 is 18.2 Å². The lowest BCUT2D eigenvalue weighted by Crippen LogP contribution is -2.42. The summed E-state index contributed by atoms with van der Waals surface area (Å²) in [7, 11) is 0. The van der Waals surface area contributed by atoms with Crippen LogP contribution >= 0.6 is 0 Å². The first-order valence-corrected chi connectivity index (χ1v) is 8.93. The van der Waals surface area contributed by atoms with E-state index >= 15 is 0 Å². The molecule has 0 unspecified atom stereocenters. The number of unbranched alkanes of at least 4 members (excludes halogenated alkanes) is 3. The first-order chi connectivity index (χ1) is 12.0. The van der Waals surface area contributed by atoms with Crippen molar-refractivity contribution in [2.75, 3.05) is 6.61 Å². The Labute approximate surface area is 149 Å². The van der Waals surface area contributed by atoms with Crippen LogP contribution in [0.3, 0.4) is 0 Å². The quantitative estimate of drug-likeness (QED) is 0.421. The van der Waals surface area contributed by atoms with E-state index in [4.69, 9.17) is 4.74 Å². The molecular formula is C19H27N3O3. The van der Waals surface area contributed by atoms with Gasteiger partial charge in [0.1, 0.15) is 11.3 Å². The number of benzene rings is 1. The molecule has 1 aliphatic heterocycles. The smallest absolute Gasteiger partial charge is 0.346 e. The molecule has 6 nitrogen and oxygen atoms in total. The number of urea groups is 1. The lowest BCUT2D eigenvalue weighted by Gasteiger charge is -2.17. The number of amides is 3. The van der Waals surface area contributed by atoms with Crippen LogP contribution in [-0.2, 0) is 4.79 Å². The Hall–Kier alpha value is -2.37. The van der Waals surface area contributed by atoms with Crippen LogP contribution in [0.25, 0.3) is 0 Å². The zero-order chi connectivity index (χ0) is 18.3. The summed E-state index contributed by atoms with van der Waals surface area (Å²) < 4.78 is 5.69. The summed E-state index contributed by atoms with van der Waals surface area (Å²) >= 11 is 0. The highest BCUT2D eigenvalue weighted by atomic mass is 16.5. The van der Waals surface area contributed by atoms with Gasteiger partial charge in [-0.25, -0.2) is 4.79 Å². The molecule has 0 aromatic heterocycles. The van der Waals surface area contributed by atoms with Gasteiger partial charge in [0.25, 0.3) is 5.91 Å². The van der Waals surface area contributed by atoms with Crippen molar-refractivity contribution < 1.29 is 14.3 Å². The standard InChI is InChI=1S/C19H27N3O3/c1-4-6-7-8-13-25-16-11-9-15(10-12-16)14-20-22-17(23)19(3,5-2)21-18(22)24/h9-12,14H,4-8,13H2,1-3H3,(H,21,24)/b20-14-/t19-/m0/s1. The minimum Gasteiger partial charge on any atom is -0.494 e. The zero-order valence-electron chi connectivity index (χ0n) is 15.2.